The highest BCUT2D eigenvalue weighted by molar-refractivity contribution is 5.76. The molecule has 1 aliphatic rings. The molecule has 1 heterocycles. The van der Waals surface area contributed by atoms with Crippen molar-refractivity contribution in [2.75, 3.05) is 26.3 Å². The number of nitrogens with zero attached hydrogens (tertiary/aromatic N) is 1. The van der Waals surface area contributed by atoms with Crippen LogP contribution in [0.1, 0.15) is 46.0 Å². The summed E-state index contributed by atoms with van der Waals surface area (Å²) in [5.74, 6) is -0.327. The maximum atomic E-state index is 12.1. The van der Waals surface area contributed by atoms with Crippen molar-refractivity contribution in [3.8, 4) is 0 Å². The molecular weight excluding hydrogens is 272 g/mol. The summed E-state index contributed by atoms with van der Waals surface area (Å²) in [6, 6.07) is -0.321. The zero-order valence-electron chi connectivity index (χ0n) is 13.1. The Balaban J connectivity index is 2.24. The number of carbonyl (C=O) groups is 2. The van der Waals surface area contributed by atoms with Crippen molar-refractivity contribution in [2.24, 2.45) is 5.92 Å². The number of carboxylic acid groups (broad SMARTS) is 1. The number of hydrogen-bond acceptors (Lipinski definition) is 3. The Bertz CT molecular complexity index is 334. The van der Waals surface area contributed by atoms with Gasteiger partial charge in [-0.05, 0) is 31.6 Å². The van der Waals surface area contributed by atoms with E-state index in [0.29, 0.717) is 25.6 Å². The van der Waals surface area contributed by atoms with Crippen LogP contribution < -0.4 is 5.32 Å². The van der Waals surface area contributed by atoms with Gasteiger partial charge < -0.3 is 20.1 Å². The highest BCUT2D eigenvalue weighted by atomic mass is 16.5. The molecule has 0 aromatic carbocycles. The number of carboxylic acids is 1. The van der Waals surface area contributed by atoms with Crippen LogP contribution in [0.2, 0.25) is 0 Å². The molecule has 1 unspecified atom stereocenters. The fraction of sp³-hybridized carbons (Fsp3) is 0.867. The lowest BCUT2D eigenvalue weighted by atomic mass is 10.00. The Morgan fingerprint density at radius 3 is 2.81 bits per heavy atom. The van der Waals surface area contributed by atoms with Crippen LogP contribution in [-0.2, 0) is 9.53 Å². The van der Waals surface area contributed by atoms with Gasteiger partial charge in [0, 0.05) is 32.3 Å². The van der Waals surface area contributed by atoms with E-state index in [9.17, 15) is 9.59 Å². The van der Waals surface area contributed by atoms with Crippen LogP contribution in [0, 0.1) is 5.92 Å². The van der Waals surface area contributed by atoms with E-state index in [-0.39, 0.29) is 18.5 Å². The zero-order chi connectivity index (χ0) is 15.7. The molecule has 0 bridgehead atoms. The number of hydrogen-bond donors (Lipinski definition) is 2. The van der Waals surface area contributed by atoms with E-state index < -0.39 is 5.97 Å². The minimum Gasteiger partial charge on any atom is -0.481 e. The molecule has 21 heavy (non-hydrogen) atoms. The first-order valence-electron chi connectivity index (χ1n) is 7.84. The summed E-state index contributed by atoms with van der Waals surface area (Å²) >= 11 is 0. The van der Waals surface area contributed by atoms with Crippen molar-refractivity contribution in [3.63, 3.8) is 0 Å². The van der Waals surface area contributed by atoms with Gasteiger partial charge in [-0.2, -0.15) is 0 Å². The van der Waals surface area contributed by atoms with E-state index in [0.717, 1.165) is 32.3 Å². The highest BCUT2D eigenvalue weighted by Crippen LogP contribution is 2.19. The third kappa shape index (κ3) is 7.32. The third-order valence-corrected chi connectivity index (χ3v) is 3.49. The van der Waals surface area contributed by atoms with Crippen LogP contribution in [0.4, 0.5) is 4.79 Å². The van der Waals surface area contributed by atoms with Gasteiger partial charge in [-0.1, -0.05) is 13.8 Å². The molecule has 2 N–H and O–H groups in total. The molecule has 1 saturated heterocycles. The average Bonchev–Trinajstić information content (AvgIpc) is 2.42. The van der Waals surface area contributed by atoms with Crippen LogP contribution in [0.3, 0.4) is 0 Å². The molecule has 1 rings (SSSR count). The fourth-order valence-corrected chi connectivity index (χ4v) is 2.47. The number of nitrogens with one attached hydrogen (secondary N) is 1. The summed E-state index contributed by atoms with van der Waals surface area (Å²) in [4.78, 5) is 24.6. The first-order chi connectivity index (χ1) is 10.0. The average molecular weight is 300 g/mol. The number of amides is 2. The second-order valence-electron chi connectivity index (χ2n) is 6.00. The summed E-state index contributed by atoms with van der Waals surface area (Å²) in [7, 11) is 0. The summed E-state index contributed by atoms with van der Waals surface area (Å²) in [6.07, 6.45) is 3.52. The van der Waals surface area contributed by atoms with Crippen LogP contribution in [-0.4, -0.2) is 54.4 Å². The van der Waals surface area contributed by atoms with Gasteiger partial charge in [0.2, 0.25) is 0 Å². The van der Waals surface area contributed by atoms with Crippen LogP contribution >= 0.6 is 0 Å². The molecular formula is C15H28N2O4. The van der Waals surface area contributed by atoms with E-state index in [1.807, 2.05) is 0 Å². The monoisotopic (exact) mass is 300 g/mol. The number of urea groups is 1. The summed E-state index contributed by atoms with van der Waals surface area (Å²) in [5.41, 5.74) is 0. The Hall–Kier alpha value is -1.30. The summed E-state index contributed by atoms with van der Waals surface area (Å²) in [5, 5.41) is 11.8. The largest absolute Gasteiger partial charge is 0.481 e. The molecule has 0 saturated carbocycles. The minimum absolute atomic E-state index is 0.0327. The molecule has 0 aromatic rings. The minimum atomic E-state index is -0.846. The van der Waals surface area contributed by atoms with Crippen molar-refractivity contribution in [3.05, 3.63) is 0 Å². The Labute approximate surface area is 126 Å². The number of ether oxygens (including phenoxy) is 1. The summed E-state index contributed by atoms with van der Waals surface area (Å²) in [6.45, 7) is 6.78. The van der Waals surface area contributed by atoms with E-state index >= 15 is 0 Å². The number of piperidine rings is 1. The number of likely N-dealkylation sites (tertiary alicyclic amines) is 1. The lowest BCUT2D eigenvalue weighted by Gasteiger charge is -2.34. The first kappa shape index (κ1) is 17.8. The number of aliphatic carboxylic acids is 1. The van der Waals surface area contributed by atoms with Crippen LogP contribution in [0.15, 0.2) is 0 Å². The van der Waals surface area contributed by atoms with Gasteiger partial charge in [0.05, 0.1) is 6.42 Å². The van der Waals surface area contributed by atoms with Crippen LogP contribution in [0.25, 0.3) is 0 Å². The molecule has 6 nitrogen and oxygen atoms in total. The van der Waals surface area contributed by atoms with Crippen molar-refractivity contribution in [2.45, 2.75) is 52.0 Å². The lowest BCUT2D eigenvalue weighted by Crippen LogP contribution is -2.49. The van der Waals surface area contributed by atoms with Crippen LogP contribution in [0.5, 0.6) is 0 Å². The van der Waals surface area contributed by atoms with E-state index in [1.54, 1.807) is 4.90 Å². The van der Waals surface area contributed by atoms with E-state index in [4.69, 9.17) is 9.84 Å². The van der Waals surface area contributed by atoms with Gasteiger partial charge >= 0.3 is 12.0 Å². The second kappa shape index (κ2) is 9.60. The Kier molecular flexibility index (Phi) is 8.12. The third-order valence-electron chi connectivity index (χ3n) is 3.49. The highest BCUT2D eigenvalue weighted by Gasteiger charge is 2.28. The maximum Gasteiger partial charge on any atom is 0.317 e. The maximum absolute atomic E-state index is 12.1. The zero-order valence-corrected chi connectivity index (χ0v) is 13.1. The van der Waals surface area contributed by atoms with Gasteiger partial charge in [-0.3, -0.25) is 4.79 Å². The first-order valence-corrected chi connectivity index (χ1v) is 7.84. The van der Waals surface area contributed by atoms with Gasteiger partial charge in [0.1, 0.15) is 0 Å². The normalized spacial score (nSPS) is 18.8. The van der Waals surface area contributed by atoms with E-state index in [1.165, 1.54) is 0 Å². The predicted octanol–water partition coefficient (Wildman–Crippen LogP) is 2.09. The molecule has 2 amide bonds. The predicted molar refractivity (Wildman–Crippen MR) is 80.3 cm³/mol. The standard InChI is InChI=1S/C15H28N2O4/c1-12(2)11-21-9-5-7-16-15(20)17-8-4-3-6-13(17)10-14(18)19/h12-13H,3-11H2,1-2H3,(H,16,20)(H,18,19). The Morgan fingerprint density at radius 2 is 2.14 bits per heavy atom. The van der Waals surface area contributed by atoms with Crippen molar-refractivity contribution >= 4 is 12.0 Å². The SMILES string of the molecule is CC(C)COCCCNC(=O)N1CCCCC1CC(=O)O. The molecule has 0 aliphatic carbocycles. The van der Waals surface area contributed by atoms with Crippen molar-refractivity contribution in [1.82, 2.24) is 10.2 Å². The smallest absolute Gasteiger partial charge is 0.317 e. The van der Waals surface area contributed by atoms with Gasteiger partial charge in [0.25, 0.3) is 0 Å². The topological polar surface area (TPSA) is 78.9 Å². The quantitative estimate of drug-likeness (QED) is 0.673. The fourth-order valence-electron chi connectivity index (χ4n) is 2.47. The molecule has 1 atom stereocenters. The molecule has 122 valence electrons. The van der Waals surface area contributed by atoms with Gasteiger partial charge in [-0.25, -0.2) is 4.79 Å². The van der Waals surface area contributed by atoms with Crippen molar-refractivity contribution < 1.29 is 19.4 Å². The molecule has 1 aliphatic heterocycles. The lowest BCUT2D eigenvalue weighted by molar-refractivity contribution is -0.138. The second-order valence-corrected chi connectivity index (χ2v) is 6.00. The molecule has 0 aromatic heterocycles. The van der Waals surface area contributed by atoms with Crippen molar-refractivity contribution in [1.29, 1.82) is 0 Å². The molecule has 1 fully saturated rings. The van der Waals surface area contributed by atoms with Gasteiger partial charge in [0.15, 0.2) is 0 Å². The van der Waals surface area contributed by atoms with Gasteiger partial charge in [-0.15, -0.1) is 0 Å². The summed E-state index contributed by atoms with van der Waals surface area (Å²) < 4.78 is 5.45. The molecule has 0 spiro atoms. The molecule has 6 heteroatoms. The Morgan fingerprint density at radius 1 is 1.38 bits per heavy atom. The van der Waals surface area contributed by atoms with E-state index in [2.05, 4.69) is 19.2 Å². The number of carbonyl (C=O) groups excluding carboxylic acids is 1. The molecule has 0 radical (unpaired) electrons. The number of rotatable bonds is 8.